The first kappa shape index (κ1) is 12.6. The summed E-state index contributed by atoms with van der Waals surface area (Å²) in [5.74, 6) is -1.07. The van der Waals surface area contributed by atoms with Gasteiger partial charge >= 0.3 is 5.97 Å². The van der Waals surface area contributed by atoms with Crippen molar-refractivity contribution in [2.45, 2.75) is 19.4 Å². The van der Waals surface area contributed by atoms with Crippen LogP contribution in [0.3, 0.4) is 0 Å². The molecule has 0 saturated heterocycles. The highest BCUT2D eigenvalue weighted by Gasteiger charge is 2.48. The van der Waals surface area contributed by atoms with Crippen LogP contribution in [0.1, 0.15) is 23.3 Å². The number of nitrogens with two attached hydrogens (primary N) is 1. The van der Waals surface area contributed by atoms with Crippen molar-refractivity contribution in [3.63, 3.8) is 0 Å². The first-order valence-electron chi connectivity index (χ1n) is 5.81. The van der Waals surface area contributed by atoms with Crippen LogP contribution in [0.15, 0.2) is 12.5 Å². The van der Waals surface area contributed by atoms with E-state index in [1.807, 2.05) is 0 Å². The van der Waals surface area contributed by atoms with Crippen LogP contribution in [-0.2, 0) is 11.3 Å². The van der Waals surface area contributed by atoms with Crippen LogP contribution >= 0.6 is 0 Å². The smallest absolute Gasteiger partial charge is 0.356 e. The molecule has 1 heterocycles. The summed E-state index contributed by atoms with van der Waals surface area (Å²) in [5, 5.41) is 11.5. The summed E-state index contributed by atoms with van der Waals surface area (Å²) >= 11 is 0. The van der Waals surface area contributed by atoms with Gasteiger partial charge in [-0.15, -0.1) is 0 Å². The summed E-state index contributed by atoms with van der Waals surface area (Å²) in [5.41, 5.74) is 5.20. The number of hydrogen-bond acceptors (Lipinski definition) is 4. The molecule has 1 aromatic heterocycles. The topological polar surface area (TPSA) is 110 Å². The van der Waals surface area contributed by atoms with Crippen LogP contribution in [0.4, 0.5) is 0 Å². The number of aromatic nitrogens is 2. The Morgan fingerprint density at radius 2 is 2.28 bits per heavy atom. The van der Waals surface area contributed by atoms with Gasteiger partial charge in [0, 0.05) is 25.8 Å². The normalized spacial score (nSPS) is 16.3. The number of nitrogens with zero attached hydrogens (tertiary/aromatic N) is 2. The summed E-state index contributed by atoms with van der Waals surface area (Å²) in [6.07, 6.45) is 4.57. The molecule has 1 aromatic rings. The van der Waals surface area contributed by atoms with Crippen LogP contribution in [-0.4, -0.2) is 39.6 Å². The third-order valence-corrected chi connectivity index (χ3v) is 3.23. The van der Waals surface area contributed by atoms with Crippen LogP contribution in [0.5, 0.6) is 0 Å². The van der Waals surface area contributed by atoms with Gasteiger partial charge in [-0.05, 0) is 12.8 Å². The van der Waals surface area contributed by atoms with Gasteiger partial charge in [-0.25, -0.2) is 9.78 Å². The van der Waals surface area contributed by atoms with Crippen molar-refractivity contribution in [2.24, 2.45) is 11.1 Å². The summed E-state index contributed by atoms with van der Waals surface area (Å²) < 4.78 is 1.63. The van der Waals surface area contributed by atoms with E-state index in [1.165, 1.54) is 12.5 Å². The minimum atomic E-state index is -1.06. The lowest BCUT2D eigenvalue weighted by atomic mass is 10.1. The maximum Gasteiger partial charge on any atom is 0.356 e. The zero-order chi connectivity index (χ0) is 13.2. The highest BCUT2D eigenvalue weighted by molar-refractivity contribution is 5.85. The molecule has 0 atom stereocenters. The zero-order valence-corrected chi connectivity index (χ0v) is 9.93. The van der Waals surface area contributed by atoms with Crippen molar-refractivity contribution in [3.8, 4) is 0 Å². The standard InChI is InChI=1S/C11H16N4O3/c12-6-11(1-2-11)10(18)13-3-4-15-5-8(9(16)17)14-7-15/h5,7H,1-4,6,12H2,(H,13,18)(H,16,17). The number of imidazole rings is 1. The lowest BCUT2D eigenvalue weighted by molar-refractivity contribution is -0.126. The van der Waals surface area contributed by atoms with Gasteiger partial charge in [-0.1, -0.05) is 0 Å². The second-order valence-corrected chi connectivity index (χ2v) is 4.54. The van der Waals surface area contributed by atoms with Crippen LogP contribution in [0, 0.1) is 5.41 Å². The van der Waals surface area contributed by atoms with E-state index in [2.05, 4.69) is 10.3 Å². The Balaban J connectivity index is 1.78. The lowest BCUT2D eigenvalue weighted by Crippen LogP contribution is -2.38. The SMILES string of the molecule is NCC1(C(=O)NCCn2cnc(C(=O)O)c2)CC1. The van der Waals surface area contributed by atoms with Gasteiger partial charge in [-0.2, -0.15) is 0 Å². The van der Waals surface area contributed by atoms with Crippen LogP contribution in [0.25, 0.3) is 0 Å². The first-order valence-corrected chi connectivity index (χ1v) is 5.81. The molecule has 1 saturated carbocycles. The molecule has 7 nitrogen and oxygen atoms in total. The van der Waals surface area contributed by atoms with Crippen molar-refractivity contribution < 1.29 is 14.7 Å². The van der Waals surface area contributed by atoms with E-state index < -0.39 is 5.97 Å². The van der Waals surface area contributed by atoms with E-state index in [4.69, 9.17) is 10.8 Å². The number of aromatic carboxylic acids is 1. The molecule has 18 heavy (non-hydrogen) atoms. The molecule has 1 fully saturated rings. The Kier molecular flexibility index (Phi) is 3.33. The van der Waals surface area contributed by atoms with Crippen molar-refractivity contribution in [3.05, 3.63) is 18.2 Å². The van der Waals surface area contributed by atoms with E-state index in [9.17, 15) is 9.59 Å². The molecule has 0 unspecified atom stereocenters. The molecule has 0 spiro atoms. The molecule has 1 aliphatic carbocycles. The average Bonchev–Trinajstić information content (AvgIpc) is 3.01. The van der Waals surface area contributed by atoms with Crippen molar-refractivity contribution >= 4 is 11.9 Å². The second-order valence-electron chi connectivity index (χ2n) is 4.54. The minimum Gasteiger partial charge on any atom is -0.476 e. The maximum atomic E-state index is 11.8. The summed E-state index contributed by atoms with van der Waals surface area (Å²) in [6.45, 7) is 1.32. The van der Waals surface area contributed by atoms with E-state index >= 15 is 0 Å². The predicted molar refractivity (Wildman–Crippen MR) is 62.9 cm³/mol. The number of carbonyl (C=O) groups is 2. The number of hydrogen-bond donors (Lipinski definition) is 3. The minimum absolute atomic E-state index is 0.00180. The Morgan fingerprint density at radius 3 is 2.78 bits per heavy atom. The first-order chi connectivity index (χ1) is 8.57. The molecule has 7 heteroatoms. The highest BCUT2D eigenvalue weighted by atomic mass is 16.4. The number of rotatable bonds is 6. The molecule has 1 aliphatic rings. The largest absolute Gasteiger partial charge is 0.476 e. The van der Waals surface area contributed by atoms with Crippen molar-refractivity contribution in [1.82, 2.24) is 14.9 Å². The molecule has 0 aliphatic heterocycles. The van der Waals surface area contributed by atoms with Gasteiger partial charge in [-0.3, -0.25) is 4.79 Å². The molecule has 0 radical (unpaired) electrons. The molecule has 4 N–H and O–H groups in total. The van der Waals surface area contributed by atoms with Gasteiger partial charge < -0.3 is 20.7 Å². The average molecular weight is 252 g/mol. The number of amides is 1. The predicted octanol–water partition coefficient (Wildman–Crippen LogP) is -0.564. The fourth-order valence-electron chi connectivity index (χ4n) is 1.75. The Morgan fingerprint density at radius 1 is 1.56 bits per heavy atom. The van der Waals surface area contributed by atoms with E-state index in [1.54, 1.807) is 4.57 Å². The van der Waals surface area contributed by atoms with Gasteiger partial charge in [0.2, 0.25) is 5.91 Å². The number of carboxylic acid groups (broad SMARTS) is 1. The number of carbonyl (C=O) groups excluding carboxylic acids is 1. The van der Waals surface area contributed by atoms with Crippen molar-refractivity contribution in [2.75, 3.05) is 13.1 Å². The van der Waals surface area contributed by atoms with E-state index in [-0.39, 0.29) is 17.0 Å². The Bertz CT molecular complexity index is 465. The van der Waals surface area contributed by atoms with Gasteiger partial charge in [0.25, 0.3) is 0 Å². The number of carboxylic acids is 1. The molecule has 1 amide bonds. The fraction of sp³-hybridized carbons (Fsp3) is 0.545. The van der Waals surface area contributed by atoms with Crippen molar-refractivity contribution in [1.29, 1.82) is 0 Å². The molecule has 0 aromatic carbocycles. The third-order valence-electron chi connectivity index (χ3n) is 3.23. The molecular weight excluding hydrogens is 236 g/mol. The maximum absolute atomic E-state index is 11.8. The quantitative estimate of drug-likeness (QED) is 0.628. The van der Waals surface area contributed by atoms with Gasteiger partial charge in [0.15, 0.2) is 5.69 Å². The highest BCUT2D eigenvalue weighted by Crippen LogP contribution is 2.44. The monoisotopic (exact) mass is 252 g/mol. The van der Waals surface area contributed by atoms with Gasteiger partial charge in [0.05, 0.1) is 11.7 Å². The third kappa shape index (κ3) is 2.51. The molecule has 0 bridgehead atoms. The van der Waals surface area contributed by atoms with E-state index in [0.717, 1.165) is 12.8 Å². The van der Waals surface area contributed by atoms with Crippen LogP contribution < -0.4 is 11.1 Å². The fourth-order valence-corrected chi connectivity index (χ4v) is 1.75. The summed E-state index contributed by atoms with van der Waals surface area (Å²) in [7, 11) is 0. The van der Waals surface area contributed by atoms with Gasteiger partial charge in [0.1, 0.15) is 0 Å². The lowest BCUT2D eigenvalue weighted by Gasteiger charge is -2.12. The van der Waals surface area contributed by atoms with E-state index in [0.29, 0.717) is 19.6 Å². The molecule has 98 valence electrons. The summed E-state index contributed by atoms with van der Waals surface area (Å²) in [4.78, 5) is 26.1. The Hall–Kier alpha value is -1.89. The summed E-state index contributed by atoms with van der Waals surface area (Å²) in [6, 6.07) is 0. The van der Waals surface area contributed by atoms with Crippen LogP contribution in [0.2, 0.25) is 0 Å². The number of nitrogens with one attached hydrogen (secondary N) is 1. The molecular formula is C11H16N4O3. The molecule has 2 rings (SSSR count). The second kappa shape index (κ2) is 4.77. The Labute approximate surface area is 104 Å². The zero-order valence-electron chi connectivity index (χ0n) is 9.93.